The first-order chi connectivity index (χ1) is 23.7. The molecule has 3 fully saturated rings. The lowest BCUT2D eigenvalue weighted by molar-refractivity contribution is 0.0515. The van der Waals surface area contributed by atoms with E-state index in [0.717, 1.165) is 57.5 Å². The van der Waals surface area contributed by atoms with Crippen LogP contribution in [0.4, 0.5) is 15.8 Å². The molecule has 4 heterocycles. The van der Waals surface area contributed by atoms with Gasteiger partial charge in [0.25, 0.3) is 5.91 Å². The molecule has 3 saturated heterocycles. The van der Waals surface area contributed by atoms with Crippen molar-refractivity contribution < 1.29 is 28.2 Å². The Bertz CT molecular complexity index is 1740. The second-order valence-corrected chi connectivity index (χ2v) is 14.3. The van der Waals surface area contributed by atoms with Crippen LogP contribution in [0, 0.1) is 11.2 Å². The molecule has 1 amide bonds. The summed E-state index contributed by atoms with van der Waals surface area (Å²) >= 11 is 13.5. The number of amides is 1. The van der Waals surface area contributed by atoms with Crippen LogP contribution in [-0.4, -0.2) is 82.6 Å². The van der Waals surface area contributed by atoms with E-state index in [1.54, 1.807) is 12.1 Å². The monoisotopic (exact) mass is 710 g/mol. The lowest BCUT2D eigenvalue weighted by Crippen LogP contribution is -2.54. The van der Waals surface area contributed by atoms with E-state index in [2.05, 4.69) is 15.1 Å². The van der Waals surface area contributed by atoms with Gasteiger partial charge in [-0.1, -0.05) is 41.4 Å². The van der Waals surface area contributed by atoms with E-state index in [0.29, 0.717) is 57.8 Å². The summed E-state index contributed by atoms with van der Waals surface area (Å²) in [7, 11) is 1.29. The lowest BCUT2D eigenvalue weighted by atomic mass is 9.81. The third-order valence-electron chi connectivity index (χ3n) is 10.4. The second kappa shape index (κ2) is 14.0. The molecule has 12 heteroatoms. The molecule has 4 aliphatic rings. The fraction of sp³-hybridized carbons (Fsp3) is 0.459. The van der Waals surface area contributed by atoms with Gasteiger partial charge in [0.2, 0.25) is 0 Å². The number of hydrogen-bond donors (Lipinski definition) is 1. The van der Waals surface area contributed by atoms with Gasteiger partial charge >= 0.3 is 5.97 Å². The molecule has 3 aromatic rings. The molecule has 1 unspecified atom stereocenters. The van der Waals surface area contributed by atoms with E-state index in [-0.39, 0.29) is 41.9 Å². The van der Waals surface area contributed by atoms with Crippen molar-refractivity contribution >= 4 is 46.5 Å². The zero-order valence-corrected chi connectivity index (χ0v) is 29.3. The van der Waals surface area contributed by atoms with Gasteiger partial charge in [0.1, 0.15) is 11.6 Å². The number of ether oxygens (including phenoxy) is 3. The molecule has 0 aromatic heterocycles. The van der Waals surface area contributed by atoms with Crippen LogP contribution in [0.5, 0.6) is 5.75 Å². The summed E-state index contributed by atoms with van der Waals surface area (Å²) in [4.78, 5) is 32.7. The molecule has 0 radical (unpaired) electrons. The minimum atomic E-state index is -0.612. The first-order valence-electron chi connectivity index (χ1n) is 17.0. The summed E-state index contributed by atoms with van der Waals surface area (Å²) < 4.78 is 33.1. The van der Waals surface area contributed by atoms with Crippen LogP contribution in [0.3, 0.4) is 0 Å². The van der Waals surface area contributed by atoms with Crippen molar-refractivity contribution in [3.63, 3.8) is 0 Å². The highest BCUT2D eigenvalue weighted by Crippen LogP contribution is 2.43. The highest BCUT2D eigenvalue weighted by atomic mass is 35.5. The fourth-order valence-corrected chi connectivity index (χ4v) is 8.32. The molecule has 260 valence electrons. The third kappa shape index (κ3) is 6.44. The van der Waals surface area contributed by atoms with Crippen LogP contribution in [0.1, 0.15) is 58.9 Å². The number of carbonyl (C=O) groups excluding carboxylic acids is 2. The minimum Gasteiger partial charge on any atom is -0.472 e. The Hall–Kier alpha value is -3.57. The number of methoxy groups -OCH3 is 1. The van der Waals surface area contributed by atoms with Crippen molar-refractivity contribution in [2.24, 2.45) is 5.41 Å². The first-order valence-corrected chi connectivity index (χ1v) is 17.7. The van der Waals surface area contributed by atoms with Crippen LogP contribution in [-0.2, 0) is 16.0 Å². The normalized spacial score (nSPS) is 19.9. The number of anilines is 2. The van der Waals surface area contributed by atoms with E-state index in [1.165, 1.54) is 18.1 Å². The van der Waals surface area contributed by atoms with Crippen molar-refractivity contribution in [2.75, 3.05) is 69.6 Å². The number of carbonyl (C=O) groups is 2. The molecule has 3 aromatic carbocycles. The zero-order valence-electron chi connectivity index (χ0n) is 27.8. The molecule has 9 nitrogen and oxygen atoms in total. The molecular formula is C37H41Cl2FN4O5. The number of para-hydroxylation sites is 1. The summed E-state index contributed by atoms with van der Waals surface area (Å²) in [6.07, 6.45) is 3.97. The maximum Gasteiger partial charge on any atom is 0.340 e. The van der Waals surface area contributed by atoms with Gasteiger partial charge in [-0.15, -0.1) is 0 Å². The molecule has 7 rings (SSSR count). The molecule has 4 aliphatic heterocycles. The maximum absolute atomic E-state index is 16.0. The highest BCUT2D eigenvalue weighted by Gasteiger charge is 2.43. The van der Waals surface area contributed by atoms with E-state index in [4.69, 9.17) is 37.4 Å². The SMILES string of the molecule is CCN(c1cc(-c2cccc3c2OCN(C(=O)c2c(Cl)cc(N4CCC5(CNC5)C4)cc2Cl)C3)c(F)cc1C(=O)OC)C1CCCCOC1. The van der Waals surface area contributed by atoms with Crippen LogP contribution >= 0.6 is 23.2 Å². The van der Waals surface area contributed by atoms with Gasteiger partial charge in [-0.25, -0.2) is 9.18 Å². The van der Waals surface area contributed by atoms with Gasteiger partial charge < -0.3 is 34.2 Å². The summed E-state index contributed by atoms with van der Waals surface area (Å²) in [5, 5.41) is 3.95. The summed E-state index contributed by atoms with van der Waals surface area (Å²) in [5.74, 6) is -1.06. The number of rotatable bonds is 7. The fourth-order valence-electron chi connectivity index (χ4n) is 7.68. The van der Waals surface area contributed by atoms with Crippen LogP contribution in [0.2, 0.25) is 10.0 Å². The second-order valence-electron chi connectivity index (χ2n) is 13.5. The highest BCUT2D eigenvalue weighted by molar-refractivity contribution is 6.40. The molecule has 0 saturated carbocycles. The van der Waals surface area contributed by atoms with Gasteiger partial charge in [-0.3, -0.25) is 4.79 Å². The van der Waals surface area contributed by atoms with Gasteiger partial charge in [0.05, 0.1) is 53.2 Å². The molecule has 49 heavy (non-hydrogen) atoms. The Labute approximate surface area is 296 Å². The summed E-state index contributed by atoms with van der Waals surface area (Å²) in [6, 6.07) is 12.1. The minimum absolute atomic E-state index is 0.0227. The average Bonchev–Trinajstić information content (AvgIpc) is 3.40. The molecule has 0 aliphatic carbocycles. The molecule has 1 N–H and O–H groups in total. The third-order valence-corrected chi connectivity index (χ3v) is 11.0. The largest absolute Gasteiger partial charge is 0.472 e. The summed E-state index contributed by atoms with van der Waals surface area (Å²) in [5.41, 5.74) is 3.69. The number of hydrogen-bond acceptors (Lipinski definition) is 8. The molecule has 0 bridgehead atoms. The standard InChI is InChI=1S/C37H41Cl2FN4O5/c1-3-44(24-8-4-5-12-48-18-24)32-16-27(31(40)15-28(32)36(46)47-2)26-9-6-7-23-17-43(22-49-34(23)26)35(45)33-29(38)13-25(14-30(33)39)42-11-10-37(21-42)19-41-20-37/h6-7,9,13-16,24,41H,3-5,8,10-12,17-22H2,1-2H3. The maximum atomic E-state index is 16.0. The van der Waals surface area contributed by atoms with Gasteiger partial charge in [-0.05, 0) is 56.9 Å². The number of nitrogens with zero attached hydrogens (tertiary/aromatic N) is 3. The van der Waals surface area contributed by atoms with Gasteiger partial charge in [0, 0.05) is 67.1 Å². The Morgan fingerprint density at radius 1 is 1.12 bits per heavy atom. The van der Waals surface area contributed by atoms with E-state index >= 15 is 4.39 Å². The Balaban J connectivity index is 1.16. The molecule has 1 atom stereocenters. The quantitative estimate of drug-likeness (QED) is 0.269. The predicted octanol–water partition coefficient (Wildman–Crippen LogP) is 6.77. The van der Waals surface area contributed by atoms with Gasteiger partial charge in [0.15, 0.2) is 6.73 Å². The molecular weight excluding hydrogens is 670 g/mol. The zero-order chi connectivity index (χ0) is 34.3. The Kier molecular flexibility index (Phi) is 9.67. The van der Waals surface area contributed by atoms with E-state index in [1.807, 2.05) is 31.2 Å². The number of halogens is 3. The van der Waals surface area contributed by atoms with Crippen LogP contribution in [0.25, 0.3) is 11.1 Å². The van der Waals surface area contributed by atoms with E-state index in [9.17, 15) is 9.59 Å². The number of fused-ring (bicyclic) bond motifs is 1. The van der Waals surface area contributed by atoms with Crippen molar-refractivity contribution in [3.8, 4) is 16.9 Å². The average molecular weight is 712 g/mol. The Morgan fingerprint density at radius 2 is 1.92 bits per heavy atom. The number of nitrogens with one attached hydrogen (secondary N) is 1. The van der Waals surface area contributed by atoms with Crippen molar-refractivity contribution in [3.05, 3.63) is 75.0 Å². The van der Waals surface area contributed by atoms with Crippen molar-refractivity contribution in [2.45, 2.75) is 45.2 Å². The topological polar surface area (TPSA) is 83.6 Å². The predicted molar refractivity (Wildman–Crippen MR) is 189 cm³/mol. The van der Waals surface area contributed by atoms with E-state index < -0.39 is 11.8 Å². The summed E-state index contributed by atoms with van der Waals surface area (Å²) in [6.45, 7) is 7.82. The van der Waals surface area contributed by atoms with Crippen LogP contribution < -0.4 is 19.9 Å². The molecule has 1 spiro atoms. The number of esters is 1. The van der Waals surface area contributed by atoms with Gasteiger partial charge in [-0.2, -0.15) is 0 Å². The number of likely N-dealkylation sites (N-methyl/N-ethyl adjacent to an activating group) is 1. The lowest BCUT2D eigenvalue weighted by Gasteiger charge is -2.39. The van der Waals surface area contributed by atoms with Crippen LogP contribution in [0.15, 0.2) is 42.5 Å². The first kappa shape index (κ1) is 33.9. The van der Waals surface area contributed by atoms with Crippen molar-refractivity contribution in [1.29, 1.82) is 0 Å². The smallest absolute Gasteiger partial charge is 0.340 e. The van der Waals surface area contributed by atoms with Crippen molar-refractivity contribution in [1.82, 2.24) is 10.2 Å². The Morgan fingerprint density at radius 3 is 2.61 bits per heavy atom. The number of benzene rings is 3.